The Morgan fingerprint density at radius 2 is 2.20 bits per heavy atom. The van der Waals surface area contributed by atoms with E-state index in [0.717, 1.165) is 23.8 Å². The summed E-state index contributed by atoms with van der Waals surface area (Å²) in [5.74, 6) is 0. The van der Waals surface area contributed by atoms with Gasteiger partial charge in [0.05, 0.1) is 11.2 Å². The molecule has 2 aromatic rings. The molecule has 0 bridgehead atoms. The number of aryl methyl sites for hydroxylation is 2. The zero-order chi connectivity index (χ0) is 10.7. The first kappa shape index (κ1) is 10.3. The summed E-state index contributed by atoms with van der Waals surface area (Å²) in [5, 5.41) is 11.4. The zero-order valence-electron chi connectivity index (χ0n) is 8.87. The van der Waals surface area contributed by atoms with E-state index in [1.807, 2.05) is 26.2 Å². The molecule has 0 radical (unpaired) electrons. The van der Waals surface area contributed by atoms with E-state index in [9.17, 15) is 0 Å². The molecule has 5 heteroatoms. The van der Waals surface area contributed by atoms with Gasteiger partial charge >= 0.3 is 0 Å². The quantitative estimate of drug-likeness (QED) is 0.829. The minimum Gasteiger partial charge on any atom is -0.308 e. The van der Waals surface area contributed by atoms with E-state index < -0.39 is 0 Å². The topological polar surface area (TPSA) is 53.6 Å². The lowest BCUT2D eigenvalue weighted by Gasteiger charge is -2.00. The number of nitrogens with one attached hydrogen (secondary N) is 2. The molecule has 0 saturated carbocycles. The maximum atomic E-state index is 4.21. The number of aromatic amines is 1. The average molecular weight is 222 g/mol. The first-order valence-electron chi connectivity index (χ1n) is 4.86. The van der Waals surface area contributed by atoms with Crippen molar-refractivity contribution < 1.29 is 0 Å². The van der Waals surface area contributed by atoms with Crippen LogP contribution in [0, 0.1) is 13.8 Å². The van der Waals surface area contributed by atoms with Crippen molar-refractivity contribution in [3.05, 3.63) is 33.5 Å². The van der Waals surface area contributed by atoms with E-state index in [4.69, 9.17) is 0 Å². The van der Waals surface area contributed by atoms with Crippen LogP contribution in [0.3, 0.4) is 0 Å². The van der Waals surface area contributed by atoms with Crippen molar-refractivity contribution in [2.24, 2.45) is 0 Å². The van der Waals surface area contributed by atoms with Gasteiger partial charge in [-0.15, -0.1) is 11.3 Å². The molecule has 0 spiro atoms. The molecule has 15 heavy (non-hydrogen) atoms. The number of aromatic nitrogens is 3. The summed E-state index contributed by atoms with van der Waals surface area (Å²) >= 11 is 1.73. The number of hydrogen-bond donors (Lipinski definition) is 2. The van der Waals surface area contributed by atoms with E-state index >= 15 is 0 Å². The predicted octanol–water partition coefficient (Wildman–Crippen LogP) is 1.77. The molecular weight excluding hydrogens is 208 g/mol. The Morgan fingerprint density at radius 3 is 2.80 bits per heavy atom. The highest BCUT2D eigenvalue weighted by atomic mass is 32.1. The molecule has 2 heterocycles. The minimum absolute atomic E-state index is 0.847. The summed E-state index contributed by atoms with van der Waals surface area (Å²) in [6.07, 6.45) is 3.79. The van der Waals surface area contributed by atoms with Crippen LogP contribution >= 0.6 is 11.3 Å². The SMILES string of the molecule is Cc1ncc(CNCc2cn[nH]c2C)s1. The average Bonchev–Trinajstić information content (AvgIpc) is 2.77. The summed E-state index contributed by atoms with van der Waals surface area (Å²) in [4.78, 5) is 5.48. The van der Waals surface area contributed by atoms with Gasteiger partial charge in [-0.2, -0.15) is 5.10 Å². The number of hydrogen-bond acceptors (Lipinski definition) is 4. The summed E-state index contributed by atoms with van der Waals surface area (Å²) < 4.78 is 0. The molecule has 2 aromatic heterocycles. The summed E-state index contributed by atoms with van der Waals surface area (Å²) in [6, 6.07) is 0. The highest BCUT2D eigenvalue weighted by molar-refractivity contribution is 7.11. The van der Waals surface area contributed by atoms with Crippen molar-refractivity contribution in [2.45, 2.75) is 26.9 Å². The molecule has 0 aliphatic rings. The fourth-order valence-electron chi connectivity index (χ4n) is 1.36. The van der Waals surface area contributed by atoms with Gasteiger partial charge < -0.3 is 5.32 Å². The van der Waals surface area contributed by atoms with Crippen LogP contribution in [0.4, 0.5) is 0 Å². The van der Waals surface area contributed by atoms with Crippen molar-refractivity contribution in [2.75, 3.05) is 0 Å². The maximum absolute atomic E-state index is 4.21. The molecule has 80 valence electrons. The smallest absolute Gasteiger partial charge is 0.0897 e. The highest BCUT2D eigenvalue weighted by Crippen LogP contribution is 2.11. The van der Waals surface area contributed by atoms with Gasteiger partial charge in [0.1, 0.15) is 0 Å². The van der Waals surface area contributed by atoms with Crippen LogP contribution in [0.5, 0.6) is 0 Å². The van der Waals surface area contributed by atoms with Crippen LogP contribution in [0.25, 0.3) is 0 Å². The van der Waals surface area contributed by atoms with Crippen molar-refractivity contribution >= 4 is 11.3 Å². The first-order chi connectivity index (χ1) is 7.25. The first-order valence-corrected chi connectivity index (χ1v) is 5.68. The molecule has 2 N–H and O–H groups in total. The second kappa shape index (κ2) is 4.55. The van der Waals surface area contributed by atoms with Gasteiger partial charge in [0.2, 0.25) is 0 Å². The van der Waals surface area contributed by atoms with Crippen LogP contribution in [0.15, 0.2) is 12.4 Å². The molecule has 0 fully saturated rings. The van der Waals surface area contributed by atoms with Crippen molar-refractivity contribution in [1.29, 1.82) is 0 Å². The molecule has 4 nitrogen and oxygen atoms in total. The van der Waals surface area contributed by atoms with Gasteiger partial charge in [-0.3, -0.25) is 5.10 Å². The van der Waals surface area contributed by atoms with E-state index in [1.54, 1.807) is 11.3 Å². The summed E-state index contributed by atoms with van der Waals surface area (Å²) in [7, 11) is 0. The monoisotopic (exact) mass is 222 g/mol. The van der Waals surface area contributed by atoms with Gasteiger partial charge in [-0.25, -0.2) is 4.98 Å². The Labute approximate surface area is 92.8 Å². The van der Waals surface area contributed by atoms with Gasteiger partial charge in [-0.1, -0.05) is 0 Å². The molecule has 0 saturated heterocycles. The van der Waals surface area contributed by atoms with Crippen LogP contribution in [-0.4, -0.2) is 15.2 Å². The lowest BCUT2D eigenvalue weighted by atomic mass is 10.2. The van der Waals surface area contributed by atoms with Crippen LogP contribution in [0.2, 0.25) is 0 Å². The van der Waals surface area contributed by atoms with E-state index in [2.05, 4.69) is 20.5 Å². The fraction of sp³-hybridized carbons (Fsp3) is 0.400. The Balaban J connectivity index is 1.83. The molecule has 0 unspecified atom stereocenters. The zero-order valence-corrected chi connectivity index (χ0v) is 9.69. The van der Waals surface area contributed by atoms with Crippen molar-refractivity contribution in [1.82, 2.24) is 20.5 Å². The Kier molecular flexibility index (Phi) is 3.13. The summed E-state index contributed by atoms with van der Waals surface area (Å²) in [6.45, 7) is 5.77. The third kappa shape index (κ3) is 2.64. The molecule has 0 amide bonds. The number of nitrogens with zero attached hydrogens (tertiary/aromatic N) is 2. The third-order valence-corrected chi connectivity index (χ3v) is 3.13. The van der Waals surface area contributed by atoms with Gasteiger partial charge in [0.15, 0.2) is 0 Å². The lowest BCUT2D eigenvalue weighted by molar-refractivity contribution is 0.697. The van der Waals surface area contributed by atoms with Crippen LogP contribution in [0.1, 0.15) is 21.1 Å². The normalized spacial score (nSPS) is 10.8. The minimum atomic E-state index is 0.847. The van der Waals surface area contributed by atoms with Gasteiger partial charge in [0.25, 0.3) is 0 Å². The number of H-pyrrole nitrogens is 1. The number of rotatable bonds is 4. The van der Waals surface area contributed by atoms with Gasteiger partial charge in [-0.05, 0) is 13.8 Å². The van der Waals surface area contributed by atoms with Gasteiger partial charge in [0, 0.05) is 35.4 Å². The third-order valence-electron chi connectivity index (χ3n) is 2.22. The molecule has 0 atom stereocenters. The molecule has 0 aliphatic carbocycles. The molecular formula is C10H14N4S. The van der Waals surface area contributed by atoms with Crippen LogP contribution in [-0.2, 0) is 13.1 Å². The standard InChI is InChI=1S/C10H14N4S/c1-7-9(4-13-14-7)3-11-5-10-6-12-8(2)15-10/h4,6,11H,3,5H2,1-2H3,(H,13,14). The molecule has 0 aromatic carbocycles. The van der Waals surface area contributed by atoms with Crippen LogP contribution < -0.4 is 5.32 Å². The number of thiazole rings is 1. The van der Waals surface area contributed by atoms with Crippen molar-refractivity contribution in [3.8, 4) is 0 Å². The van der Waals surface area contributed by atoms with Crippen molar-refractivity contribution in [3.63, 3.8) is 0 Å². The Bertz CT molecular complexity index is 432. The van der Waals surface area contributed by atoms with E-state index in [-0.39, 0.29) is 0 Å². The Morgan fingerprint density at radius 1 is 1.33 bits per heavy atom. The molecule has 0 aliphatic heterocycles. The second-order valence-electron chi connectivity index (χ2n) is 3.47. The Hall–Kier alpha value is -1.20. The second-order valence-corrected chi connectivity index (χ2v) is 4.79. The van der Waals surface area contributed by atoms with E-state index in [1.165, 1.54) is 10.4 Å². The summed E-state index contributed by atoms with van der Waals surface area (Å²) in [5.41, 5.74) is 2.35. The maximum Gasteiger partial charge on any atom is 0.0897 e. The predicted molar refractivity (Wildman–Crippen MR) is 60.7 cm³/mol. The fourth-order valence-corrected chi connectivity index (χ4v) is 2.13. The largest absolute Gasteiger partial charge is 0.308 e. The van der Waals surface area contributed by atoms with E-state index in [0.29, 0.717) is 0 Å². The molecule has 2 rings (SSSR count). The highest BCUT2D eigenvalue weighted by Gasteiger charge is 2.01. The lowest BCUT2D eigenvalue weighted by Crippen LogP contribution is -2.11.